The number of rotatable bonds is 8. The zero-order chi connectivity index (χ0) is 21.2. The fraction of sp³-hybridized carbons (Fsp3) is 0.227. The normalized spacial score (nSPS) is 11.8. The highest BCUT2D eigenvalue weighted by Gasteiger charge is 2.11. The molecule has 3 heterocycles. The van der Waals surface area contributed by atoms with Crippen molar-refractivity contribution >= 4 is 38.8 Å². The number of nitrogens with two attached hydrogens (primary N) is 1. The maximum Gasteiger partial charge on any atom is 0.167 e. The van der Waals surface area contributed by atoms with Gasteiger partial charge in [-0.05, 0) is 24.3 Å². The predicted molar refractivity (Wildman–Crippen MR) is 118 cm³/mol. The van der Waals surface area contributed by atoms with Crippen molar-refractivity contribution in [1.29, 1.82) is 0 Å². The van der Waals surface area contributed by atoms with Crippen molar-refractivity contribution in [3.63, 3.8) is 0 Å². The van der Waals surface area contributed by atoms with Gasteiger partial charge in [-0.3, -0.25) is 4.57 Å². The van der Waals surface area contributed by atoms with Crippen LogP contribution in [0.2, 0.25) is 0 Å². The Kier molecular flexibility index (Phi) is 5.19. The Morgan fingerprint density at radius 2 is 1.87 bits per heavy atom. The van der Waals surface area contributed by atoms with Crippen LogP contribution in [0.15, 0.2) is 55.1 Å². The van der Waals surface area contributed by atoms with Crippen LogP contribution in [0, 0.1) is 5.82 Å². The zero-order valence-corrected chi connectivity index (χ0v) is 16.8. The SMILES string of the molecule is Nc1ncnc2c1ncn2COCCNCCn1c2ccccc2c2ccc(F)cc21. The Bertz CT molecular complexity index is 1360. The van der Waals surface area contributed by atoms with Gasteiger partial charge in [0, 0.05) is 35.9 Å². The molecule has 0 aliphatic rings. The van der Waals surface area contributed by atoms with Gasteiger partial charge in [-0.1, -0.05) is 18.2 Å². The monoisotopic (exact) mass is 419 g/mol. The molecule has 0 amide bonds. The second-order valence-electron chi connectivity index (χ2n) is 7.26. The number of ether oxygens (including phenoxy) is 1. The second-order valence-corrected chi connectivity index (χ2v) is 7.26. The van der Waals surface area contributed by atoms with Crippen LogP contribution in [0.25, 0.3) is 33.0 Å². The summed E-state index contributed by atoms with van der Waals surface area (Å²) in [6.07, 6.45) is 3.06. The number of anilines is 1. The number of imidazole rings is 1. The first-order chi connectivity index (χ1) is 15.2. The molecule has 0 spiro atoms. The summed E-state index contributed by atoms with van der Waals surface area (Å²) in [5.41, 5.74) is 9.04. The molecule has 0 atom stereocenters. The summed E-state index contributed by atoms with van der Waals surface area (Å²) < 4.78 is 23.5. The molecule has 158 valence electrons. The van der Waals surface area contributed by atoms with E-state index >= 15 is 0 Å². The van der Waals surface area contributed by atoms with Gasteiger partial charge in [-0.2, -0.15) is 0 Å². The van der Waals surface area contributed by atoms with Gasteiger partial charge in [-0.25, -0.2) is 19.3 Å². The summed E-state index contributed by atoms with van der Waals surface area (Å²) in [7, 11) is 0. The van der Waals surface area contributed by atoms with E-state index in [1.54, 1.807) is 17.0 Å². The first-order valence-electron chi connectivity index (χ1n) is 10.1. The van der Waals surface area contributed by atoms with Gasteiger partial charge >= 0.3 is 0 Å². The number of nitrogens with one attached hydrogen (secondary N) is 1. The molecule has 0 saturated heterocycles. The molecule has 0 bridgehead atoms. The van der Waals surface area contributed by atoms with Gasteiger partial charge in [0.2, 0.25) is 0 Å². The van der Waals surface area contributed by atoms with Gasteiger partial charge in [0.15, 0.2) is 11.5 Å². The molecule has 5 rings (SSSR count). The minimum atomic E-state index is -0.225. The lowest BCUT2D eigenvalue weighted by Crippen LogP contribution is -2.24. The fourth-order valence-electron chi connectivity index (χ4n) is 3.88. The lowest BCUT2D eigenvalue weighted by molar-refractivity contribution is 0.0811. The molecule has 0 saturated carbocycles. The number of para-hydroxylation sites is 1. The summed E-state index contributed by atoms with van der Waals surface area (Å²) in [4.78, 5) is 12.3. The molecular weight excluding hydrogens is 397 g/mol. The number of benzene rings is 2. The largest absolute Gasteiger partial charge is 0.382 e. The van der Waals surface area contributed by atoms with Crippen LogP contribution in [0.1, 0.15) is 0 Å². The molecule has 3 aromatic heterocycles. The minimum Gasteiger partial charge on any atom is -0.382 e. The van der Waals surface area contributed by atoms with Crippen molar-refractivity contribution in [1.82, 2.24) is 29.4 Å². The third-order valence-corrected chi connectivity index (χ3v) is 5.33. The third-order valence-electron chi connectivity index (χ3n) is 5.33. The molecular formula is C22H22FN7O. The second kappa shape index (κ2) is 8.29. The zero-order valence-electron chi connectivity index (χ0n) is 16.8. The van der Waals surface area contributed by atoms with Crippen LogP contribution in [0.4, 0.5) is 10.2 Å². The molecule has 0 fully saturated rings. The highest BCUT2D eigenvalue weighted by molar-refractivity contribution is 6.08. The Labute approximate surface area is 177 Å². The summed E-state index contributed by atoms with van der Waals surface area (Å²) in [6, 6.07) is 13.1. The van der Waals surface area contributed by atoms with Crippen molar-refractivity contribution in [3.05, 3.63) is 60.9 Å². The quantitative estimate of drug-likeness (QED) is 0.376. The van der Waals surface area contributed by atoms with E-state index in [-0.39, 0.29) is 5.82 Å². The lowest BCUT2D eigenvalue weighted by Gasteiger charge is -2.10. The number of aromatic nitrogens is 5. The maximum atomic E-state index is 13.8. The van der Waals surface area contributed by atoms with Crippen molar-refractivity contribution in [3.8, 4) is 0 Å². The van der Waals surface area contributed by atoms with Crippen molar-refractivity contribution in [2.45, 2.75) is 13.3 Å². The highest BCUT2D eigenvalue weighted by Crippen LogP contribution is 2.29. The van der Waals surface area contributed by atoms with E-state index in [0.29, 0.717) is 36.9 Å². The number of fused-ring (bicyclic) bond motifs is 4. The van der Waals surface area contributed by atoms with Crippen LogP contribution < -0.4 is 11.1 Å². The standard InChI is InChI=1S/C22H22FN7O/c23-15-5-6-17-16-3-1-2-4-18(16)30(19(17)11-15)9-7-25-8-10-31-14-29-13-28-20-21(24)26-12-27-22(20)29/h1-6,11-13,25H,7-10,14H2,(H2,24,26,27). The van der Waals surface area contributed by atoms with E-state index in [9.17, 15) is 4.39 Å². The van der Waals surface area contributed by atoms with Gasteiger partial charge in [0.05, 0.1) is 18.5 Å². The van der Waals surface area contributed by atoms with Crippen LogP contribution in [-0.4, -0.2) is 43.8 Å². The van der Waals surface area contributed by atoms with E-state index in [0.717, 1.165) is 34.9 Å². The van der Waals surface area contributed by atoms with Gasteiger partial charge < -0.3 is 20.4 Å². The fourth-order valence-corrected chi connectivity index (χ4v) is 3.88. The lowest BCUT2D eigenvalue weighted by atomic mass is 10.1. The number of nitrogen functional groups attached to an aromatic ring is 1. The van der Waals surface area contributed by atoms with Crippen molar-refractivity contribution in [2.75, 3.05) is 25.4 Å². The Balaban J connectivity index is 1.16. The van der Waals surface area contributed by atoms with E-state index < -0.39 is 0 Å². The molecule has 0 aliphatic carbocycles. The number of nitrogens with zero attached hydrogens (tertiary/aromatic N) is 5. The van der Waals surface area contributed by atoms with Crippen LogP contribution in [0.3, 0.4) is 0 Å². The molecule has 0 aliphatic heterocycles. The number of hydrogen-bond donors (Lipinski definition) is 2. The highest BCUT2D eigenvalue weighted by atomic mass is 19.1. The third kappa shape index (κ3) is 3.69. The average molecular weight is 419 g/mol. The molecule has 2 aromatic carbocycles. The summed E-state index contributed by atoms with van der Waals surface area (Å²) in [6.45, 7) is 3.03. The van der Waals surface area contributed by atoms with Crippen molar-refractivity contribution < 1.29 is 9.13 Å². The molecule has 31 heavy (non-hydrogen) atoms. The first-order valence-corrected chi connectivity index (χ1v) is 10.1. The van der Waals surface area contributed by atoms with Crippen LogP contribution in [-0.2, 0) is 18.0 Å². The van der Waals surface area contributed by atoms with Gasteiger partial charge in [-0.15, -0.1) is 0 Å². The minimum absolute atomic E-state index is 0.225. The van der Waals surface area contributed by atoms with Gasteiger partial charge in [0.1, 0.15) is 24.4 Å². The van der Waals surface area contributed by atoms with Crippen LogP contribution >= 0.6 is 0 Å². The number of hydrogen-bond acceptors (Lipinski definition) is 6. The topological polar surface area (TPSA) is 95.8 Å². The van der Waals surface area contributed by atoms with E-state index in [4.69, 9.17) is 10.5 Å². The van der Waals surface area contributed by atoms with E-state index in [1.807, 2.05) is 18.2 Å². The summed E-state index contributed by atoms with van der Waals surface area (Å²) in [5.74, 6) is 0.132. The van der Waals surface area contributed by atoms with Crippen LogP contribution in [0.5, 0.6) is 0 Å². The molecule has 0 radical (unpaired) electrons. The van der Waals surface area contributed by atoms with Crippen molar-refractivity contribution in [2.24, 2.45) is 0 Å². The Morgan fingerprint density at radius 3 is 2.81 bits per heavy atom. The summed E-state index contributed by atoms with van der Waals surface area (Å²) in [5, 5.41) is 5.59. The molecule has 0 unspecified atom stereocenters. The number of halogens is 1. The summed E-state index contributed by atoms with van der Waals surface area (Å²) >= 11 is 0. The molecule has 9 heteroatoms. The first kappa shape index (κ1) is 19.4. The predicted octanol–water partition coefficient (Wildman–Crippen LogP) is 2.92. The average Bonchev–Trinajstić information content (AvgIpc) is 3.33. The van der Waals surface area contributed by atoms with E-state index in [2.05, 4.69) is 37.0 Å². The van der Waals surface area contributed by atoms with Gasteiger partial charge in [0.25, 0.3) is 0 Å². The Morgan fingerprint density at radius 1 is 1.00 bits per heavy atom. The molecule has 8 nitrogen and oxygen atoms in total. The molecule has 3 N–H and O–H groups in total. The maximum absolute atomic E-state index is 13.8. The van der Waals surface area contributed by atoms with E-state index in [1.165, 1.54) is 12.4 Å². The Hall–Kier alpha value is -3.56. The smallest absolute Gasteiger partial charge is 0.167 e. The molecule has 5 aromatic rings.